The van der Waals surface area contributed by atoms with E-state index in [9.17, 15) is 4.79 Å². The molecule has 0 aromatic rings. The van der Waals surface area contributed by atoms with Crippen LogP contribution in [0.2, 0.25) is 0 Å². The number of nitrogens with zero attached hydrogens (tertiary/aromatic N) is 2. The number of carbonyl (C=O) groups is 1. The van der Waals surface area contributed by atoms with Gasteiger partial charge in [-0.15, -0.1) is 0 Å². The molecule has 0 saturated carbocycles. The van der Waals surface area contributed by atoms with Gasteiger partial charge in [0.25, 0.3) is 0 Å². The summed E-state index contributed by atoms with van der Waals surface area (Å²) >= 11 is -0.275. The number of alkyl halides is 1. The molecule has 5 nitrogen and oxygen atoms in total. The first kappa shape index (κ1) is 15.0. The predicted octanol–water partition coefficient (Wildman–Crippen LogP) is -2.89. The number of aliphatic hydroxyl groups excluding tert-OH is 1. The fourth-order valence-corrected chi connectivity index (χ4v) is 4.02. The molecule has 102 valence electrons. The van der Waals surface area contributed by atoms with Crippen molar-refractivity contribution in [3.63, 3.8) is 0 Å². The molecule has 0 bridgehead atoms. The fourth-order valence-electron chi connectivity index (χ4n) is 1.86. The summed E-state index contributed by atoms with van der Waals surface area (Å²) in [4.78, 5) is 16.4. The quantitative estimate of drug-likeness (QED) is 0.317. The van der Waals surface area contributed by atoms with Crippen LogP contribution in [-0.4, -0.2) is 61.9 Å². The van der Waals surface area contributed by atoms with E-state index in [1.165, 1.54) is 0 Å². The molecule has 1 aliphatic heterocycles. The van der Waals surface area contributed by atoms with Crippen LogP contribution in [0.5, 0.6) is 0 Å². The number of carbonyl (C=O) groups excluding carboxylic acids is 1. The molecule has 1 atom stereocenters. The summed E-state index contributed by atoms with van der Waals surface area (Å²) in [6.07, 6.45) is 0. The Morgan fingerprint density at radius 1 is 1.59 bits per heavy atom. The second-order valence-corrected chi connectivity index (χ2v) is 7.11. The summed E-state index contributed by atoms with van der Waals surface area (Å²) in [6.45, 7) is 8.38. The van der Waals surface area contributed by atoms with Gasteiger partial charge in [0.15, 0.2) is 0 Å². The zero-order valence-electron chi connectivity index (χ0n) is 11.0. The van der Waals surface area contributed by atoms with Crippen molar-refractivity contribution in [2.24, 2.45) is 0 Å². The molecule has 1 unspecified atom stereocenters. The molecule has 1 heterocycles. The number of urea groups is 1. The average Bonchev–Trinajstić information content (AvgIpc) is 2.28. The Hall–Kier alpha value is -0.0800. The van der Waals surface area contributed by atoms with Gasteiger partial charge in [0.2, 0.25) is 0 Å². The molecule has 1 aliphatic rings. The van der Waals surface area contributed by atoms with Gasteiger partial charge in [0, 0.05) is 0 Å². The fraction of sp³-hybridized carbons (Fsp3) is 0.909. The van der Waals surface area contributed by atoms with E-state index in [-0.39, 0.29) is 45.7 Å². The molecule has 0 spiro atoms. The molecule has 0 aliphatic carbocycles. The number of aliphatic hydroxyl groups is 1. The minimum atomic E-state index is -0.275. The molecule has 2 N–H and O–H groups in total. The summed E-state index contributed by atoms with van der Waals surface area (Å²) < 4.78 is 1.98. The second kappa shape index (κ2) is 6.19. The molecule has 1 rings (SSSR count). The van der Waals surface area contributed by atoms with E-state index in [4.69, 9.17) is 5.11 Å². The van der Waals surface area contributed by atoms with Gasteiger partial charge in [-0.2, -0.15) is 0 Å². The summed E-state index contributed by atoms with van der Waals surface area (Å²) in [7, 11) is 0. The Morgan fingerprint density at radius 3 is 2.71 bits per heavy atom. The Balaban J connectivity index is 2.67. The molecule has 1 fully saturated rings. The van der Waals surface area contributed by atoms with Crippen molar-refractivity contribution >= 4 is 6.03 Å². The van der Waals surface area contributed by atoms with Gasteiger partial charge < -0.3 is 0 Å². The van der Waals surface area contributed by atoms with Crippen LogP contribution in [0.25, 0.3) is 0 Å². The van der Waals surface area contributed by atoms with Gasteiger partial charge in [0.1, 0.15) is 0 Å². The third-order valence-corrected chi connectivity index (χ3v) is 5.50. The van der Waals surface area contributed by atoms with E-state index >= 15 is 0 Å². The van der Waals surface area contributed by atoms with E-state index in [2.05, 4.69) is 31.0 Å². The van der Waals surface area contributed by atoms with E-state index < -0.39 is 0 Å². The summed E-state index contributed by atoms with van der Waals surface area (Å²) in [5.74, 6) is 0. The molecule has 1 saturated heterocycles. The van der Waals surface area contributed by atoms with E-state index in [1.54, 1.807) is 0 Å². The Labute approximate surface area is 114 Å². The van der Waals surface area contributed by atoms with Crippen molar-refractivity contribution in [1.29, 1.82) is 0 Å². The van der Waals surface area contributed by atoms with Gasteiger partial charge in [-0.25, -0.2) is 0 Å². The topological polar surface area (TPSA) is 55.8 Å². The monoisotopic (exact) mass is 356 g/mol. The van der Waals surface area contributed by atoms with Crippen LogP contribution in [0.15, 0.2) is 0 Å². The first-order chi connectivity index (χ1) is 7.90. The van der Waals surface area contributed by atoms with E-state index in [0.29, 0.717) is 6.54 Å². The van der Waals surface area contributed by atoms with Crippen molar-refractivity contribution < 1.29 is 31.4 Å². The molecular formula is C11H23IN3O2-. The maximum absolute atomic E-state index is 12.4. The van der Waals surface area contributed by atoms with Gasteiger partial charge in [-0.3, -0.25) is 0 Å². The van der Waals surface area contributed by atoms with Crippen LogP contribution in [-0.2, 0) is 0 Å². The zero-order valence-corrected chi connectivity index (χ0v) is 13.2. The molecular weight excluding hydrogens is 333 g/mol. The first-order valence-electron chi connectivity index (χ1n) is 5.83. The number of hydrogen-bond donors (Lipinski definition) is 2. The number of nitrogens with one attached hydrogen (secondary N) is 1. The van der Waals surface area contributed by atoms with Crippen LogP contribution in [0, 0.1) is 0 Å². The maximum atomic E-state index is 12.4. The van der Waals surface area contributed by atoms with Crippen molar-refractivity contribution in [2.45, 2.75) is 32.4 Å². The van der Waals surface area contributed by atoms with Crippen molar-refractivity contribution in [2.75, 3.05) is 31.2 Å². The first-order valence-corrected chi connectivity index (χ1v) is 8.95. The number of hydrogen-bond acceptors (Lipinski definition) is 3. The summed E-state index contributed by atoms with van der Waals surface area (Å²) in [6, 6.07) is 0.136. The molecule has 17 heavy (non-hydrogen) atoms. The van der Waals surface area contributed by atoms with Gasteiger partial charge in [-0.05, 0) is 0 Å². The average molecular weight is 356 g/mol. The van der Waals surface area contributed by atoms with E-state index in [0.717, 1.165) is 13.1 Å². The second-order valence-electron chi connectivity index (χ2n) is 5.18. The third-order valence-electron chi connectivity index (χ3n) is 2.67. The van der Waals surface area contributed by atoms with Crippen LogP contribution in [0.3, 0.4) is 0 Å². The number of amides is 2. The normalized spacial score (nSPS) is 21.7. The Kier molecular flexibility index (Phi) is 5.46. The third kappa shape index (κ3) is 3.96. The number of piperazine rings is 1. The molecule has 0 radical (unpaired) electrons. The van der Waals surface area contributed by atoms with Gasteiger partial charge >= 0.3 is 114 Å². The van der Waals surface area contributed by atoms with Crippen LogP contribution in [0.1, 0.15) is 20.8 Å². The zero-order chi connectivity index (χ0) is 13.1. The van der Waals surface area contributed by atoms with Crippen LogP contribution < -0.4 is 26.8 Å². The molecule has 0 aromatic heterocycles. The minimum absolute atomic E-state index is 0.0181. The Bertz CT molecular complexity index is 268. The molecule has 2 amide bonds. The molecule has 0 aromatic carbocycles. The predicted molar refractivity (Wildman–Crippen MR) is 63.4 cm³/mol. The van der Waals surface area contributed by atoms with Crippen LogP contribution >= 0.6 is 0 Å². The number of rotatable bonds is 2. The summed E-state index contributed by atoms with van der Waals surface area (Å²) in [5.41, 5.74) is -0.112. The van der Waals surface area contributed by atoms with Gasteiger partial charge in [0.05, 0.1) is 0 Å². The van der Waals surface area contributed by atoms with E-state index in [1.807, 2.05) is 8.01 Å². The Morgan fingerprint density at radius 2 is 2.24 bits per heavy atom. The number of halogens is 1. The van der Waals surface area contributed by atoms with Crippen molar-refractivity contribution in [1.82, 2.24) is 13.3 Å². The van der Waals surface area contributed by atoms with Crippen molar-refractivity contribution in [3.8, 4) is 0 Å². The molecule has 6 heteroatoms. The summed E-state index contributed by atoms with van der Waals surface area (Å²) in [5, 5.41) is 12.3. The van der Waals surface area contributed by atoms with Crippen molar-refractivity contribution in [3.05, 3.63) is 0 Å². The van der Waals surface area contributed by atoms with Gasteiger partial charge in [-0.1, -0.05) is 0 Å². The SMILES string of the molecule is C[I-]N(C(=O)N1CCNC(CO)C1)C(C)(C)C. The van der Waals surface area contributed by atoms with Crippen LogP contribution in [0.4, 0.5) is 4.79 Å². The standard InChI is InChI=1S/C11H23IN3O2/c1-11(2,3)15(12-4)10(17)14-6-5-13-9(7-14)8-16/h9,13,16H,5-8H2,1-4H3/q-1.